The number of ether oxygens (including phenoxy) is 1. The van der Waals surface area contributed by atoms with Gasteiger partial charge in [0, 0.05) is 7.11 Å². The van der Waals surface area contributed by atoms with Crippen LogP contribution in [0.3, 0.4) is 0 Å². The minimum Gasteiger partial charge on any atom is -0.384 e. The smallest absolute Gasteiger partial charge is 0.0522 e. The molecule has 0 rings (SSSR count). The zero-order chi connectivity index (χ0) is 6.41. The van der Waals surface area contributed by atoms with Crippen molar-refractivity contribution in [3.63, 3.8) is 0 Å². The predicted octanol–water partition coefficient (Wildman–Crippen LogP) is 1.84. The fraction of sp³-hybridized carbons (Fsp3) is 0.714. The van der Waals surface area contributed by atoms with Crippen LogP contribution in [0.2, 0.25) is 0 Å². The van der Waals surface area contributed by atoms with Crippen LogP contribution in [-0.4, -0.2) is 13.7 Å². The highest BCUT2D eigenvalue weighted by Crippen LogP contribution is 1.95. The highest BCUT2D eigenvalue weighted by molar-refractivity contribution is 4.82. The van der Waals surface area contributed by atoms with Crippen molar-refractivity contribution in [3.8, 4) is 0 Å². The first kappa shape index (κ1) is 7.70. The third-order valence-electron chi connectivity index (χ3n) is 0.951. The molecule has 1 nitrogen and oxygen atoms in total. The summed E-state index contributed by atoms with van der Waals surface area (Å²) in [7, 11) is 1.72. The minimum atomic E-state index is 0.560. The van der Waals surface area contributed by atoms with Crippen molar-refractivity contribution in [1.82, 2.24) is 0 Å². The van der Waals surface area contributed by atoms with Crippen LogP contribution in [0.4, 0.5) is 0 Å². The lowest BCUT2D eigenvalue weighted by Gasteiger charge is -2.00. The van der Waals surface area contributed by atoms with Crippen molar-refractivity contribution >= 4 is 0 Å². The van der Waals surface area contributed by atoms with Gasteiger partial charge in [-0.05, 0) is 12.8 Å². The van der Waals surface area contributed by atoms with Gasteiger partial charge in [0.1, 0.15) is 0 Å². The van der Waals surface area contributed by atoms with Crippen LogP contribution in [0, 0.1) is 5.92 Å². The van der Waals surface area contributed by atoms with E-state index in [1.54, 1.807) is 7.11 Å². The van der Waals surface area contributed by atoms with Gasteiger partial charge in [-0.25, -0.2) is 0 Å². The van der Waals surface area contributed by atoms with E-state index in [0.29, 0.717) is 5.92 Å². The Morgan fingerprint density at radius 3 is 2.62 bits per heavy atom. The maximum Gasteiger partial charge on any atom is 0.0522 e. The number of hydrogen-bond acceptors (Lipinski definition) is 1. The van der Waals surface area contributed by atoms with Crippen molar-refractivity contribution < 1.29 is 4.74 Å². The molecule has 1 atom stereocenters. The fourth-order valence-electron chi connectivity index (χ4n) is 0.647. The lowest BCUT2D eigenvalue weighted by atomic mass is 10.2. The summed E-state index contributed by atoms with van der Waals surface area (Å²) in [5.41, 5.74) is 0. The predicted molar refractivity (Wildman–Crippen MR) is 35.9 cm³/mol. The van der Waals surface area contributed by atoms with Gasteiger partial charge >= 0.3 is 0 Å². The molecule has 0 aromatic rings. The first-order valence-corrected chi connectivity index (χ1v) is 2.93. The average molecular weight is 114 g/mol. The van der Waals surface area contributed by atoms with E-state index in [9.17, 15) is 0 Å². The maximum absolute atomic E-state index is 4.90. The zero-order valence-corrected chi connectivity index (χ0v) is 5.85. The normalized spacial score (nSPS) is 14.9. The molecule has 0 heterocycles. The van der Waals surface area contributed by atoms with Crippen molar-refractivity contribution in [2.24, 2.45) is 5.92 Å². The van der Waals surface area contributed by atoms with E-state index < -0.39 is 0 Å². The summed E-state index contributed by atoms with van der Waals surface area (Å²) >= 11 is 0. The summed E-state index contributed by atoms with van der Waals surface area (Å²) in [4.78, 5) is 0. The molecule has 0 saturated carbocycles. The minimum absolute atomic E-state index is 0.560. The van der Waals surface area contributed by atoms with E-state index in [1.165, 1.54) is 0 Å². The molecule has 0 fully saturated rings. The van der Waals surface area contributed by atoms with Crippen molar-refractivity contribution in [2.45, 2.75) is 13.8 Å². The molecule has 1 heteroatoms. The third-order valence-corrected chi connectivity index (χ3v) is 0.951. The van der Waals surface area contributed by atoms with Crippen LogP contribution in [0.15, 0.2) is 12.2 Å². The molecule has 0 aliphatic carbocycles. The molecule has 48 valence electrons. The largest absolute Gasteiger partial charge is 0.384 e. The van der Waals surface area contributed by atoms with Gasteiger partial charge < -0.3 is 4.74 Å². The van der Waals surface area contributed by atoms with E-state index >= 15 is 0 Å². The van der Waals surface area contributed by atoms with Crippen LogP contribution >= 0.6 is 0 Å². The van der Waals surface area contributed by atoms with Gasteiger partial charge in [-0.2, -0.15) is 0 Å². The molecule has 0 unspecified atom stereocenters. The number of hydrogen-bond donors (Lipinski definition) is 0. The monoisotopic (exact) mass is 114 g/mol. The molecule has 0 aliphatic heterocycles. The van der Waals surface area contributed by atoms with E-state index in [2.05, 4.69) is 13.0 Å². The van der Waals surface area contributed by atoms with E-state index in [1.807, 2.05) is 13.0 Å². The summed E-state index contributed by atoms with van der Waals surface area (Å²) < 4.78 is 4.90. The Kier molecular flexibility index (Phi) is 4.67. The van der Waals surface area contributed by atoms with Crippen LogP contribution in [-0.2, 0) is 4.74 Å². The molecular weight excluding hydrogens is 100 g/mol. The van der Waals surface area contributed by atoms with Gasteiger partial charge in [-0.1, -0.05) is 19.1 Å². The lowest BCUT2D eigenvalue weighted by molar-refractivity contribution is 0.176. The van der Waals surface area contributed by atoms with Crippen molar-refractivity contribution in [3.05, 3.63) is 12.2 Å². The Hall–Kier alpha value is -0.300. The molecule has 0 radical (unpaired) electrons. The summed E-state index contributed by atoms with van der Waals surface area (Å²) in [6.45, 7) is 4.97. The molecule has 0 aromatic carbocycles. The summed E-state index contributed by atoms with van der Waals surface area (Å²) in [6, 6.07) is 0. The molecule has 0 bridgehead atoms. The first-order valence-electron chi connectivity index (χ1n) is 2.93. The molecule has 0 aromatic heterocycles. The van der Waals surface area contributed by atoms with Crippen LogP contribution in [0.25, 0.3) is 0 Å². The Morgan fingerprint density at radius 1 is 1.62 bits per heavy atom. The zero-order valence-electron chi connectivity index (χ0n) is 5.85. The Labute approximate surface area is 51.4 Å². The van der Waals surface area contributed by atoms with Gasteiger partial charge in [0.25, 0.3) is 0 Å². The Bertz CT molecular complexity index is 66.8. The van der Waals surface area contributed by atoms with Gasteiger partial charge in [0.05, 0.1) is 6.61 Å². The summed E-state index contributed by atoms with van der Waals surface area (Å²) in [5.74, 6) is 0.560. The second kappa shape index (κ2) is 4.85. The third kappa shape index (κ3) is 3.88. The average Bonchev–Trinajstić information content (AvgIpc) is 1.68. The fourth-order valence-corrected chi connectivity index (χ4v) is 0.647. The topological polar surface area (TPSA) is 9.23 Å². The Balaban J connectivity index is 3.17. The van der Waals surface area contributed by atoms with Crippen LogP contribution in [0.1, 0.15) is 13.8 Å². The summed E-state index contributed by atoms with van der Waals surface area (Å²) in [5, 5.41) is 0. The number of rotatable bonds is 3. The van der Waals surface area contributed by atoms with Crippen molar-refractivity contribution in [2.75, 3.05) is 13.7 Å². The number of methoxy groups -OCH3 is 1. The highest BCUT2D eigenvalue weighted by atomic mass is 16.5. The SMILES string of the molecule is C/C=C/[C@H](C)COC. The molecule has 0 spiro atoms. The van der Waals surface area contributed by atoms with Crippen LogP contribution < -0.4 is 0 Å². The second-order valence-corrected chi connectivity index (χ2v) is 1.96. The first-order chi connectivity index (χ1) is 3.81. The highest BCUT2D eigenvalue weighted by Gasteiger charge is 1.90. The molecule has 0 aliphatic rings. The van der Waals surface area contributed by atoms with E-state index in [-0.39, 0.29) is 0 Å². The molecular formula is C7H14O. The van der Waals surface area contributed by atoms with Gasteiger partial charge in [-0.15, -0.1) is 0 Å². The Morgan fingerprint density at radius 2 is 2.25 bits per heavy atom. The molecule has 0 amide bonds. The van der Waals surface area contributed by atoms with Crippen LogP contribution in [0.5, 0.6) is 0 Å². The molecule has 0 saturated heterocycles. The van der Waals surface area contributed by atoms with Crippen molar-refractivity contribution in [1.29, 1.82) is 0 Å². The lowest BCUT2D eigenvalue weighted by Crippen LogP contribution is -1.98. The quantitative estimate of drug-likeness (QED) is 0.509. The standard InChI is InChI=1S/C7H14O/c1-4-5-7(2)6-8-3/h4-5,7H,6H2,1-3H3/b5-4+/t7-/m0/s1. The van der Waals surface area contributed by atoms with E-state index in [0.717, 1.165) is 6.61 Å². The second-order valence-electron chi connectivity index (χ2n) is 1.96. The maximum atomic E-state index is 4.90. The molecule has 0 N–H and O–H groups in total. The summed E-state index contributed by atoms with van der Waals surface area (Å²) in [6.07, 6.45) is 4.17. The van der Waals surface area contributed by atoms with Gasteiger partial charge in [-0.3, -0.25) is 0 Å². The number of allylic oxidation sites excluding steroid dienone is 1. The van der Waals surface area contributed by atoms with Gasteiger partial charge in [0.2, 0.25) is 0 Å². The van der Waals surface area contributed by atoms with Gasteiger partial charge in [0.15, 0.2) is 0 Å². The molecule has 8 heavy (non-hydrogen) atoms. The van der Waals surface area contributed by atoms with E-state index in [4.69, 9.17) is 4.74 Å².